The number of nitrogens with zero attached hydrogens (tertiary/aromatic N) is 5. The number of methoxy groups -OCH3 is 1. The van der Waals surface area contributed by atoms with Crippen molar-refractivity contribution in [3.8, 4) is 5.75 Å². The zero-order valence-electron chi connectivity index (χ0n) is 18.6. The Bertz CT molecular complexity index is 1340. The van der Waals surface area contributed by atoms with Crippen molar-refractivity contribution in [2.24, 2.45) is 0 Å². The SMILES string of the molecule is COc1ccc(C(=O)N2CCN(C)c3nc4ccccc4nc32)cc1S(=O)(=O)N1CCCC1. The number of anilines is 2. The fourth-order valence-corrected chi connectivity index (χ4v) is 6.01. The second kappa shape index (κ2) is 8.27. The minimum absolute atomic E-state index is 0.0108. The lowest BCUT2D eigenvalue weighted by Crippen LogP contribution is -2.43. The summed E-state index contributed by atoms with van der Waals surface area (Å²) in [5, 5.41) is 0. The fourth-order valence-electron chi connectivity index (χ4n) is 4.31. The van der Waals surface area contributed by atoms with Crippen LogP contribution in [0, 0.1) is 0 Å². The first-order chi connectivity index (χ1) is 15.9. The third-order valence-corrected chi connectivity index (χ3v) is 8.07. The van der Waals surface area contributed by atoms with Crippen LogP contribution in [0.1, 0.15) is 23.2 Å². The highest BCUT2D eigenvalue weighted by molar-refractivity contribution is 7.89. The van der Waals surface area contributed by atoms with Crippen LogP contribution in [0.25, 0.3) is 11.0 Å². The zero-order chi connectivity index (χ0) is 23.2. The molecule has 0 radical (unpaired) electrons. The summed E-state index contributed by atoms with van der Waals surface area (Å²) in [7, 11) is -0.422. The molecule has 1 fully saturated rings. The van der Waals surface area contributed by atoms with E-state index in [0.29, 0.717) is 43.3 Å². The summed E-state index contributed by atoms with van der Waals surface area (Å²) in [6.45, 7) is 1.94. The van der Waals surface area contributed by atoms with Crippen molar-refractivity contribution in [3.05, 3.63) is 48.0 Å². The molecule has 3 aromatic rings. The number of carbonyl (C=O) groups excluding carboxylic acids is 1. The van der Waals surface area contributed by atoms with Crippen LogP contribution in [-0.2, 0) is 10.0 Å². The van der Waals surface area contributed by atoms with Gasteiger partial charge in [0.2, 0.25) is 10.0 Å². The van der Waals surface area contributed by atoms with Gasteiger partial charge in [0.05, 0.1) is 18.1 Å². The third-order valence-electron chi connectivity index (χ3n) is 6.15. The van der Waals surface area contributed by atoms with Gasteiger partial charge in [-0.3, -0.25) is 9.69 Å². The van der Waals surface area contributed by atoms with Crippen molar-refractivity contribution >= 4 is 38.6 Å². The molecule has 0 aliphatic carbocycles. The molecule has 2 aliphatic rings. The van der Waals surface area contributed by atoms with Gasteiger partial charge in [0, 0.05) is 38.8 Å². The van der Waals surface area contributed by atoms with Crippen LogP contribution in [0.15, 0.2) is 47.4 Å². The number of benzene rings is 2. The Morgan fingerprint density at radius 3 is 2.27 bits per heavy atom. The van der Waals surface area contributed by atoms with E-state index in [9.17, 15) is 13.2 Å². The summed E-state index contributed by atoms with van der Waals surface area (Å²) in [5.74, 6) is 0.983. The smallest absolute Gasteiger partial charge is 0.259 e. The van der Waals surface area contributed by atoms with Crippen molar-refractivity contribution in [1.82, 2.24) is 14.3 Å². The summed E-state index contributed by atoms with van der Waals surface area (Å²) in [4.78, 5) is 26.6. The van der Waals surface area contributed by atoms with E-state index in [1.165, 1.54) is 17.5 Å². The Balaban J connectivity index is 1.57. The standard InChI is InChI=1S/C23H25N5O4S/c1-26-13-14-28(22-21(26)24-17-7-3-4-8-18(17)25-22)23(29)16-9-10-19(32-2)20(15-16)33(30,31)27-11-5-6-12-27/h3-4,7-10,15H,5-6,11-14H2,1-2H3. The average Bonchev–Trinajstić information content (AvgIpc) is 3.39. The van der Waals surface area contributed by atoms with Gasteiger partial charge in [-0.1, -0.05) is 12.1 Å². The molecular weight excluding hydrogens is 442 g/mol. The number of fused-ring (bicyclic) bond motifs is 2. The molecule has 0 unspecified atom stereocenters. The molecule has 3 heterocycles. The molecule has 9 nitrogen and oxygen atoms in total. The van der Waals surface area contributed by atoms with Gasteiger partial charge in [0.15, 0.2) is 11.6 Å². The second-order valence-corrected chi connectivity index (χ2v) is 10.1. The van der Waals surface area contributed by atoms with Crippen molar-refractivity contribution in [2.75, 3.05) is 50.1 Å². The highest BCUT2D eigenvalue weighted by Crippen LogP contribution is 2.34. The molecule has 0 spiro atoms. The van der Waals surface area contributed by atoms with Gasteiger partial charge in [-0.05, 0) is 43.2 Å². The number of amides is 1. The number of carbonyl (C=O) groups is 1. The number of para-hydroxylation sites is 2. The predicted molar refractivity (Wildman–Crippen MR) is 125 cm³/mol. The monoisotopic (exact) mass is 467 g/mol. The number of hydrogen-bond acceptors (Lipinski definition) is 7. The Labute approximate surface area is 192 Å². The molecule has 1 aromatic heterocycles. The lowest BCUT2D eigenvalue weighted by molar-refractivity contribution is 0.0985. The lowest BCUT2D eigenvalue weighted by atomic mass is 10.1. The van der Waals surface area contributed by atoms with Crippen molar-refractivity contribution < 1.29 is 17.9 Å². The van der Waals surface area contributed by atoms with Gasteiger partial charge >= 0.3 is 0 Å². The van der Waals surface area contributed by atoms with Crippen LogP contribution in [-0.4, -0.2) is 68.9 Å². The molecule has 172 valence electrons. The van der Waals surface area contributed by atoms with E-state index in [1.807, 2.05) is 36.2 Å². The summed E-state index contributed by atoms with van der Waals surface area (Å²) in [6.07, 6.45) is 1.65. The lowest BCUT2D eigenvalue weighted by Gasteiger charge is -2.33. The topological polar surface area (TPSA) is 95.9 Å². The molecule has 33 heavy (non-hydrogen) atoms. The number of aromatic nitrogens is 2. The molecular formula is C23H25N5O4S. The Morgan fingerprint density at radius 1 is 0.939 bits per heavy atom. The van der Waals surface area contributed by atoms with E-state index in [1.54, 1.807) is 17.0 Å². The minimum Gasteiger partial charge on any atom is -0.495 e. The Kier molecular flexibility index (Phi) is 5.41. The molecule has 2 aliphatic heterocycles. The largest absolute Gasteiger partial charge is 0.495 e. The van der Waals surface area contributed by atoms with Crippen LogP contribution >= 0.6 is 0 Å². The Hall–Kier alpha value is -3.24. The van der Waals surface area contributed by atoms with Crippen LogP contribution in [0.3, 0.4) is 0 Å². The summed E-state index contributed by atoms with van der Waals surface area (Å²) in [5.41, 5.74) is 1.70. The fraction of sp³-hybridized carbons (Fsp3) is 0.348. The molecule has 1 saturated heterocycles. The van der Waals surface area contributed by atoms with Crippen LogP contribution in [0.2, 0.25) is 0 Å². The first-order valence-corrected chi connectivity index (χ1v) is 12.3. The normalized spacial score (nSPS) is 16.8. The van der Waals surface area contributed by atoms with Crippen molar-refractivity contribution in [2.45, 2.75) is 17.7 Å². The third kappa shape index (κ3) is 3.68. The van der Waals surface area contributed by atoms with Gasteiger partial charge in [0.1, 0.15) is 10.6 Å². The van der Waals surface area contributed by atoms with Crippen LogP contribution in [0.5, 0.6) is 5.75 Å². The number of ether oxygens (including phenoxy) is 1. The van der Waals surface area contributed by atoms with E-state index in [0.717, 1.165) is 18.4 Å². The predicted octanol–water partition coefficient (Wildman–Crippen LogP) is 2.52. The summed E-state index contributed by atoms with van der Waals surface area (Å²) >= 11 is 0. The van der Waals surface area contributed by atoms with E-state index in [2.05, 4.69) is 0 Å². The maximum atomic E-state index is 13.6. The van der Waals surface area contributed by atoms with Crippen molar-refractivity contribution in [3.63, 3.8) is 0 Å². The van der Waals surface area contributed by atoms with Gasteiger partial charge in [0.25, 0.3) is 5.91 Å². The molecule has 10 heteroatoms. The molecule has 0 N–H and O–H groups in total. The molecule has 1 amide bonds. The molecule has 0 saturated carbocycles. The zero-order valence-corrected chi connectivity index (χ0v) is 19.4. The molecule has 5 rings (SSSR count). The maximum absolute atomic E-state index is 13.6. The summed E-state index contributed by atoms with van der Waals surface area (Å²) < 4.78 is 33.3. The van der Waals surface area contributed by atoms with E-state index in [4.69, 9.17) is 14.7 Å². The van der Waals surface area contributed by atoms with Gasteiger partial charge in [-0.25, -0.2) is 18.4 Å². The Morgan fingerprint density at radius 2 is 1.61 bits per heavy atom. The maximum Gasteiger partial charge on any atom is 0.259 e. The van der Waals surface area contributed by atoms with E-state index in [-0.39, 0.29) is 22.1 Å². The quantitative estimate of drug-likeness (QED) is 0.582. The molecule has 2 aromatic carbocycles. The highest BCUT2D eigenvalue weighted by atomic mass is 32.2. The van der Waals surface area contributed by atoms with Gasteiger partial charge in [-0.15, -0.1) is 0 Å². The van der Waals surface area contributed by atoms with E-state index >= 15 is 0 Å². The van der Waals surface area contributed by atoms with Crippen LogP contribution < -0.4 is 14.5 Å². The van der Waals surface area contributed by atoms with Crippen molar-refractivity contribution in [1.29, 1.82) is 0 Å². The molecule has 0 atom stereocenters. The van der Waals surface area contributed by atoms with Gasteiger partial charge < -0.3 is 9.64 Å². The van der Waals surface area contributed by atoms with E-state index < -0.39 is 10.0 Å². The molecule has 0 bridgehead atoms. The number of hydrogen-bond donors (Lipinski definition) is 0. The first-order valence-electron chi connectivity index (χ1n) is 10.9. The van der Waals surface area contributed by atoms with Gasteiger partial charge in [-0.2, -0.15) is 4.31 Å². The summed E-state index contributed by atoms with van der Waals surface area (Å²) in [6, 6.07) is 12.1. The average molecular weight is 468 g/mol. The first kappa shape index (κ1) is 21.6. The minimum atomic E-state index is -3.76. The number of rotatable bonds is 4. The second-order valence-electron chi connectivity index (χ2n) is 8.21. The highest BCUT2D eigenvalue weighted by Gasteiger charge is 2.33. The van der Waals surface area contributed by atoms with Crippen LogP contribution in [0.4, 0.5) is 11.6 Å². The number of sulfonamides is 1. The number of likely N-dealkylation sites (N-methyl/N-ethyl adjacent to an activating group) is 1.